The number of amides is 1. The van der Waals surface area contributed by atoms with Crippen molar-refractivity contribution < 1.29 is 4.79 Å². The molecule has 1 heterocycles. The molecule has 4 heteroatoms. The Morgan fingerprint density at radius 3 is 2.44 bits per heavy atom. The summed E-state index contributed by atoms with van der Waals surface area (Å²) in [5, 5.41) is 6.46. The fourth-order valence-corrected chi connectivity index (χ4v) is 3.16. The number of rotatable bonds is 5. The molecule has 0 radical (unpaired) electrons. The molecule has 2 rings (SSSR count). The molecule has 0 atom stereocenters. The van der Waals surface area contributed by atoms with E-state index < -0.39 is 0 Å². The highest BCUT2D eigenvalue weighted by atomic mass is 16.1. The largest absolute Gasteiger partial charge is 0.355 e. The number of nitrogens with one attached hydrogen (secondary N) is 2. The molecular weight excluding hydrogens is 226 g/mol. The van der Waals surface area contributed by atoms with Gasteiger partial charge in [-0.05, 0) is 52.9 Å². The summed E-state index contributed by atoms with van der Waals surface area (Å²) in [7, 11) is 4.13. The fourth-order valence-electron chi connectivity index (χ4n) is 3.16. The quantitative estimate of drug-likeness (QED) is 0.763. The van der Waals surface area contributed by atoms with Gasteiger partial charge in [-0.2, -0.15) is 0 Å². The van der Waals surface area contributed by atoms with E-state index in [4.69, 9.17) is 0 Å². The van der Waals surface area contributed by atoms with Gasteiger partial charge in [-0.15, -0.1) is 0 Å². The summed E-state index contributed by atoms with van der Waals surface area (Å²) in [4.78, 5) is 14.4. The van der Waals surface area contributed by atoms with Crippen molar-refractivity contribution in [2.45, 2.75) is 32.1 Å². The Labute approximate surface area is 110 Å². The molecule has 1 saturated carbocycles. The first-order valence-electron chi connectivity index (χ1n) is 7.26. The molecule has 1 aliphatic carbocycles. The van der Waals surface area contributed by atoms with Gasteiger partial charge >= 0.3 is 0 Å². The Morgan fingerprint density at radius 2 is 1.94 bits per heavy atom. The monoisotopic (exact) mass is 253 g/mol. The molecule has 0 spiro atoms. The van der Waals surface area contributed by atoms with E-state index in [0.29, 0.717) is 5.41 Å². The minimum atomic E-state index is 0.243. The average molecular weight is 253 g/mol. The lowest BCUT2D eigenvalue weighted by Gasteiger charge is -2.42. The Kier molecular flexibility index (Phi) is 4.62. The highest BCUT2D eigenvalue weighted by molar-refractivity contribution is 5.78. The normalized spacial score (nSPS) is 24.6. The standard InChI is InChI=1S/C14H27N3O/c1-15-10-14(6-3-7-14)11-16-13(18)12-4-8-17(2)9-5-12/h12,15H,3-11H2,1-2H3,(H,16,18). The van der Waals surface area contributed by atoms with Crippen molar-refractivity contribution >= 4 is 5.91 Å². The van der Waals surface area contributed by atoms with Gasteiger partial charge in [0.25, 0.3) is 0 Å². The van der Waals surface area contributed by atoms with Crippen LogP contribution in [0.4, 0.5) is 0 Å². The van der Waals surface area contributed by atoms with Crippen LogP contribution in [0, 0.1) is 11.3 Å². The summed E-state index contributed by atoms with van der Waals surface area (Å²) in [6.07, 6.45) is 5.84. The van der Waals surface area contributed by atoms with E-state index in [9.17, 15) is 4.79 Å². The van der Waals surface area contributed by atoms with Gasteiger partial charge in [-0.1, -0.05) is 6.42 Å². The Hall–Kier alpha value is -0.610. The molecule has 0 unspecified atom stereocenters. The number of carbonyl (C=O) groups is 1. The molecule has 4 nitrogen and oxygen atoms in total. The van der Waals surface area contributed by atoms with Gasteiger partial charge in [0.1, 0.15) is 0 Å². The predicted molar refractivity (Wildman–Crippen MR) is 73.4 cm³/mol. The van der Waals surface area contributed by atoms with Crippen molar-refractivity contribution in [3.8, 4) is 0 Å². The van der Waals surface area contributed by atoms with Crippen LogP contribution in [0.25, 0.3) is 0 Å². The molecule has 18 heavy (non-hydrogen) atoms. The van der Waals surface area contributed by atoms with Gasteiger partial charge in [0.2, 0.25) is 5.91 Å². The Morgan fingerprint density at radius 1 is 1.28 bits per heavy atom. The smallest absolute Gasteiger partial charge is 0.223 e. The van der Waals surface area contributed by atoms with Crippen molar-refractivity contribution in [2.75, 3.05) is 40.3 Å². The predicted octanol–water partition coefficient (Wildman–Crippen LogP) is 0.834. The number of piperidine rings is 1. The topological polar surface area (TPSA) is 44.4 Å². The molecule has 1 aliphatic heterocycles. The van der Waals surface area contributed by atoms with Gasteiger partial charge in [0.15, 0.2) is 0 Å². The van der Waals surface area contributed by atoms with E-state index in [0.717, 1.165) is 39.0 Å². The highest BCUT2D eigenvalue weighted by Gasteiger charge is 2.37. The maximum atomic E-state index is 12.1. The zero-order valence-corrected chi connectivity index (χ0v) is 11.8. The van der Waals surface area contributed by atoms with E-state index >= 15 is 0 Å². The van der Waals surface area contributed by atoms with E-state index in [-0.39, 0.29) is 11.8 Å². The van der Waals surface area contributed by atoms with Crippen molar-refractivity contribution in [3.05, 3.63) is 0 Å². The van der Waals surface area contributed by atoms with Crippen molar-refractivity contribution in [1.29, 1.82) is 0 Å². The number of carbonyl (C=O) groups excluding carboxylic acids is 1. The third-order valence-corrected chi connectivity index (χ3v) is 4.69. The van der Waals surface area contributed by atoms with Crippen LogP contribution in [0.15, 0.2) is 0 Å². The van der Waals surface area contributed by atoms with Crippen LogP contribution in [-0.2, 0) is 4.79 Å². The van der Waals surface area contributed by atoms with Gasteiger partial charge in [-0.25, -0.2) is 0 Å². The van der Waals surface area contributed by atoms with E-state index in [1.165, 1.54) is 19.3 Å². The lowest BCUT2D eigenvalue weighted by atomic mass is 9.68. The minimum Gasteiger partial charge on any atom is -0.355 e. The first kappa shape index (κ1) is 13.8. The molecule has 1 amide bonds. The number of likely N-dealkylation sites (tertiary alicyclic amines) is 1. The molecule has 0 aromatic rings. The molecule has 0 bridgehead atoms. The van der Waals surface area contributed by atoms with E-state index in [1.54, 1.807) is 0 Å². The number of nitrogens with zero attached hydrogens (tertiary/aromatic N) is 1. The van der Waals surface area contributed by atoms with Crippen molar-refractivity contribution in [2.24, 2.45) is 11.3 Å². The second kappa shape index (κ2) is 6.02. The first-order chi connectivity index (χ1) is 8.65. The summed E-state index contributed by atoms with van der Waals surface area (Å²) in [5.41, 5.74) is 0.343. The number of hydrogen-bond donors (Lipinski definition) is 2. The third kappa shape index (κ3) is 3.23. The molecule has 2 fully saturated rings. The zero-order valence-electron chi connectivity index (χ0n) is 11.8. The van der Waals surface area contributed by atoms with Crippen LogP contribution in [0.1, 0.15) is 32.1 Å². The number of hydrogen-bond acceptors (Lipinski definition) is 3. The minimum absolute atomic E-state index is 0.243. The van der Waals surface area contributed by atoms with Crippen LogP contribution in [0.5, 0.6) is 0 Å². The van der Waals surface area contributed by atoms with Gasteiger partial charge in [-0.3, -0.25) is 4.79 Å². The van der Waals surface area contributed by atoms with Gasteiger partial charge < -0.3 is 15.5 Å². The summed E-state index contributed by atoms with van der Waals surface area (Å²) in [6, 6.07) is 0. The maximum Gasteiger partial charge on any atom is 0.223 e. The lowest BCUT2D eigenvalue weighted by molar-refractivity contribution is -0.127. The van der Waals surface area contributed by atoms with Crippen molar-refractivity contribution in [3.63, 3.8) is 0 Å². The van der Waals surface area contributed by atoms with Gasteiger partial charge in [0.05, 0.1) is 0 Å². The van der Waals surface area contributed by atoms with Crippen LogP contribution in [0.3, 0.4) is 0 Å². The lowest BCUT2D eigenvalue weighted by Crippen LogP contribution is -2.49. The van der Waals surface area contributed by atoms with Crippen molar-refractivity contribution in [1.82, 2.24) is 15.5 Å². The zero-order chi connectivity index (χ0) is 13.0. The fraction of sp³-hybridized carbons (Fsp3) is 0.929. The molecule has 104 valence electrons. The van der Waals surface area contributed by atoms with E-state index in [1.807, 2.05) is 7.05 Å². The van der Waals surface area contributed by atoms with Crippen LogP contribution in [-0.4, -0.2) is 51.1 Å². The van der Waals surface area contributed by atoms with E-state index in [2.05, 4.69) is 22.6 Å². The summed E-state index contributed by atoms with van der Waals surface area (Å²) < 4.78 is 0. The first-order valence-corrected chi connectivity index (χ1v) is 7.26. The molecule has 2 aliphatic rings. The van der Waals surface area contributed by atoms with Gasteiger partial charge in [0, 0.05) is 24.4 Å². The molecule has 0 aromatic carbocycles. The van der Waals surface area contributed by atoms with Crippen LogP contribution < -0.4 is 10.6 Å². The molecular formula is C14H27N3O. The Bertz CT molecular complexity index is 281. The second-order valence-electron chi connectivity index (χ2n) is 6.18. The SMILES string of the molecule is CNCC1(CNC(=O)C2CCN(C)CC2)CCC1. The maximum absolute atomic E-state index is 12.1. The third-order valence-electron chi connectivity index (χ3n) is 4.69. The molecule has 0 aromatic heterocycles. The summed E-state index contributed by atoms with van der Waals surface area (Å²) in [6.45, 7) is 4.00. The highest BCUT2D eigenvalue weighted by Crippen LogP contribution is 2.39. The second-order valence-corrected chi connectivity index (χ2v) is 6.18. The van der Waals surface area contributed by atoms with Crippen LogP contribution >= 0.6 is 0 Å². The summed E-state index contributed by atoms with van der Waals surface area (Å²) in [5.74, 6) is 0.526. The van der Waals surface area contributed by atoms with Crippen LogP contribution in [0.2, 0.25) is 0 Å². The average Bonchev–Trinajstić information content (AvgIpc) is 2.33. The molecule has 2 N–H and O–H groups in total. The molecule has 1 saturated heterocycles. The summed E-state index contributed by atoms with van der Waals surface area (Å²) >= 11 is 0. The Balaban J connectivity index is 1.74.